The summed E-state index contributed by atoms with van der Waals surface area (Å²) in [6.45, 7) is 3.19. The standard InChI is InChI=1S/C20H25FN4O2/c1-14-12-17(21)7-6-16(14)10-11-23-19(22-2)24-13-15-4-8-18(9-5-15)25-20(26)27-3/h4-9,12H,10-11,13H2,1-3H3,(H,25,26)(H2,22,23,24). The molecule has 0 fully saturated rings. The zero-order valence-corrected chi connectivity index (χ0v) is 15.8. The van der Waals surface area contributed by atoms with Crippen LogP contribution in [0.15, 0.2) is 47.5 Å². The van der Waals surface area contributed by atoms with Crippen molar-refractivity contribution in [2.45, 2.75) is 19.9 Å². The van der Waals surface area contributed by atoms with Crippen molar-refractivity contribution in [1.82, 2.24) is 10.6 Å². The van der Waals surface area contributed by atoms with E-state index in [1.54, 1.807) is 25.2 Å². The molecule has 0 heterocycles. The summed E-state index contributed by atoms with van der Waals surface area (Å²) in [6, 6.07) is 12.3. The minimum Gasteiger partial charge on any atom is -0.453 e. The molecular weight excluding hydrogens is 347 g/mol. The number of anilines is 1. The molecule has 0 aliphatic carbocycles. The zero-order valence-electron chi connectivity index (χ0n) is 15.8. The van der Waals surface area contributed by atoms with Crippen molar-refractivity contribution < 1.29 is 13.9 Å². The smallest absolute Gasteiger partial charge is 0.411 e. The summed E-state index contributed by atoms with van der Waals surface area (Å²) in [4.78, 5) is 15.4. The Kier molecular flexibility index (Phi) is 7.61. The van der Waals surface area contributed by atoms with Crippen molar-refractivity contribution in [3.05, 3.63) is 65.0 Å². The van der Waals surface area contributed by atoms with E-state index in [0.29, 0.717) is 24.7 Å². The van der Waals surface area contributed by atoms with Gasteiger partial charge in [0.05, 0.1) is 7.11 Å². The van der Waals surface area contributed by atoms with E-state index in [4.69, 9.17) is 0 Å². The second-order valence-corrected chi connectivity index (χ2v) is 5.99. The number of carbonyl (C=O) groups is 1. The first kappa shape index (κ1) is 20.2. The van der Waals surface area contributed by atoms with Crippen LogP contribution in [0.1, 0.15) is 16.7 Å². The fourth-order valence-electron chi connectivity index (χ4n) is 2.54. The highest BCUT2D eigenvalue weighted by Crippen LogP contribution is 2.11. The Labute approximate surface area is 158 Å². The summed E-state index contributed by atoms with van der Waals surface area (Å²) < 4.78 is 17.7. The second kappa shape index (κ2) is 10.2. The molecule has 7 heteroatoms. The predicted octanol–water partition coefficient (Wildman–Crippen LogP) is 3.22. The maximum atomic E-state index is 13.1. The van der Waals surface area contributed by atoms with E-state index in [0.717, 1.165) is 23.1 Å². The molecular formula is C20H25FN4O2. The van der Waals surface area contributed by atoms with Gasteiger partial charge in [-0.3, -0.25) is 10.3 Å². The Morgan fingerprint density at radius 2 is 1.89 bits per heavy atom. The van der Waals surface area contributed by atoms with Gasteiger partial charge in [-0.25, -0.2) is 9.18 Å². The lowest BCUT2D eigenvalue weighted by Crippen LogP contribution is -2.37. The molecule has 0 unspecified atom stereocenters. The summed E-state index contributed by atoms with van der Waals surface area (Å²) in [7, 11) is 3.03. The van der Waals surface area contributed by atoms with Crippen LogP contribution < -0.4 is 16.0 Å². The maximum absolute atomic E-state index is 13.1. The number of halogens is 1. The zero-order chi connectivity index (χ0) is 19.6. The third-order valence-corrected chi connectivity index (χ3v) is 4.06. The summed E-state index contributed by atoms with van der Waals surface area (Å²) in [6.07, 6.45) is 0.280. The van der Waals surface area contributed by atoms with Gasteiger partial charge in [0.2, 0.25) is 0 Å². The number of rotatable bonds is 6. The average molecular weight is 372 g/mol. The van der Waals surface area contributed by atoms with E-state index in [1.165, 1.54) is 13.2 Å². The first-order chi connectivity index (χ1) is 13.0. The van der Waals surface area contributed by atoms with Crippen molar-refractivity contribution in [2.24, 2.45) is 4.99 Å². The number of ether oxygens (including phenoxy) is 1. The van der Waals surface area contributed by atoms with Gasteiger partial charge in [0, 0.05) is 25.8 Å². The van der Waals surface area contributed by atoms with Crippen molar-refractivity contribution >= 4 is 17.7 Å². The number of aryl methyl sites for hydroxylation is 1. The predicted molar refractivity (Wildman–Crippen MR) is 106 cm³/mol. The van der Waals surface area contributed by atoms with Gasteiger partial charge in [0.25, 0.3) is 0 Å². The molecule has 0 aliphatic rings. The van der Waals surface area contributed by atoms with Crippen LogP contribution in [0.4, 0.5) is 14.9 Å². The van der Waals surface area contributed by atoms with E-state index >= 15 is 0 Å². The van der Waals surface area contributed by atoms with E-state index in [9.17, 15) is 9.18 Å². The number of aliphatic imine (C=N–C) groups is 1. The molecule has 0 radical (unpaired) electrons. The number of hydrogen-bond donors (Lipinski definition) is 3. The number of carbonyl (C=O) groups excluding carboxylic acids is 1. The largest absolute Gasteiger partial charge is 0.453 e. The molecule has 144 valence electrons. The van der Waals surface area contributed by atoms with Gasteiger partial charge in [-0.2, -0.15) is 0 Å². The third kappa shape index (κ3) is 6.62. The Morgan fingerprint density at radius 1 is 1.15 bits per heavy atom. The first-order valence-electron chi connectivity index (χ1n) is 8.65. The number of hydrogen-bond acceptors (Lipinski definition) is 3. The van der Waals surface area contributed by atoms with E-state index in [1.807, 2.05) is 25.1 Å². The highest BCUT2D eigenvalue weighted by Gasteiger charge is 2.03. The molecule has 0 spiro atoms. The van der Waals surface area contributed by atoms with Crippen LogP contribution in [0.3, 0.4) is 0 Å². The van der Waals surface area contributed by atoms with Gasteiger partial charge in [0.15, 0.2) is 5.96 Å². The van der Waals surface area contributed by atoms with E-state index in [2.05, 4.69) is 25.7 Å². The maximum Gasteiger partial charge on any atom is 0.411 e. The molecule has 3 N–H and O–H groups in total. The van der Waals surface area contributed by atoms with Gasteiger partial charge < -0.3 is 15.4 Å². The van der Waals surface area contributed by atoms with Crippen LogP contribution in [0.5, 0.6) is 0 Å². The van der Waals surface area contributed by atoms with E-state index < -0.39 is 6.09 Å². The Morgan fingerprint density at radius 3 is 2.52 bits per heavy atom. The van der Waals surface area contributed by atoms with Crippen molar-refractivity contribution in [2.75, 3.05) is 26.0 Å². The molecule has 0 aliphatic heterocycles. The number of amides is 1. The summed E-state index contributed by atoms with van der Waals surface area (Å²) in [5, 5.41) is 9.09. The summed E-state index contributed by atoms with van der Waals surface area (Å²) in [5.41, 5.74) is 3.76. The average Bonchev–Trinajstić information content (AvgIpc) is 2.67. The van der Waals surface area contributed by atoms with Crippen LogP contribution in [-0.4, -0.2) is 32.8 Å². The topological polar surface area (TPSA) is 74.8 Å². The van der Waals surface area contributed by atoms with Crippen molar-refractivity contribution in [3.63, 3.8) is 0 Å². The summed E-state index contributed by atoms with van der Waals surface area (Å²) in [5.74, 6) is 0.473. The highest BCUT2D eigenvalue weighted by atomic mass is 19.1. The minimum atomic E-state index is -0.498. The van der Waals surface area contributed by atoms with Gasteiger partial charge in [-0.1, -0.05) is 18.2 Å². The van der Waals surface area contributed by atoms with Crippen LogP contribution >= 0.6 is 0 Å². The monoisotopic (exact) mass is 372 g/mol. The lowest BCUT2D eigenvalue weighted by atomic mass is 10.1. The van der Waals surface area contributed by atoms with Gasteiger partial charge in [0.1, 0.15) is 5.82 Å². The molecule has 1 amide bonds. The van der Waals surface area contributed by atoms with Crippen LogP contribution in [0, 0.1) is 12.7 Å². The number of nitrogens with one attached hydrogen (secondary N) is 3. The molecule has 0 saturated carbocycles. The fourth-order valence-corrected chi connectivity index (χ4v) is 2.54. The van der Waals surface area contributed by atoms with E-state index in [-0.39, 0.29) is 5.82 Å². The molecule has 2 rings (SSSR count). The molecule has 0 bridgehead atoms. The van der Waals surface area contributed by atoms with Crippen molar-refractivity contribution in [1.29, 1.82) is 0 Å². The SMILES string of the molecule is CN=C(NCCc1ccc(F)cc1C)NCc1ccc(NC(=O)OC)cc1. The van der Waals surface area contributed by atoms with Crippen LogP contribution in [0.2, 0.25) is 0 Å². The van der Waals surface area contributed by atoms with Gasteiger partial charge in [-0.15, -0.1) is 0 Å². The number of methoxy groups -OCH3 is 1. The molecule has 0 aromatic heterocycles. The summed E-state index contributed by atoms with van der Waals surface area (Å²) >= 11 is 0. The number of nitrogens with zero attached hydrogens (tertiary/aromatic N) is 1. The Hall–Kier alpha value is -3.09. The fraction of sp³-hybridized carbons (Fsp3) is 0.300. The normalized spacial score (nSPS) is 11.0. The molecule has 2 aromatic rings. The Balaban J connectivity index is 1.79. The quantitative estimate of drug-likeness (QED) is 0.538. The molecule has 6 nitrogen and oxygen atoms in total. The first-order valence-corrected chi connectivity index (χ1v) is 8.65. The second-order valence-electron chi connectivity index (χ2n) is 5.99. The lowest BCUT2D eigenvalue weighted by molar-refractivity contribution is 0.187. The molecule has 27 heavy (non-hydrogen) atoms. The number of benzene rings is 2. The highest BCUT2D eigenvalue weighted by molar-refractivity contribution is 5.84. The molecule has 0 atom stereocenters. The number of guanidine groups is 1. The molecule has 2 aromatic carbocycles. The lowest BCUT2D eigenvalue weighted by Gasteiger charge is -2.13. The van der Waals surface area contributed by atoms with Crippen LogP contribution in [0.25, 0.3) is 0 Å². The van der Waals surface area contributed by atoms with Crippen molar-refractivity contribution in [3.8, 4) is 0 Å². The molecule has 0 saturated heterocycles. The van der Waals surface area contributed by atoms with Gasteiger partial charge >= 0.3 is 6.09 Å². The third-order valence-electron chi connectivity index (χ3n) is 4.06. The van der Waals surface area contributed by atoms with Crippen LogP contribution in [-0.2, 0) is 17.7 Å². The Bertz CT molecular complexity index is 791. The minimum absolute atomic E-state index is 0.213. The van der Waals surface area contributed by atoms with Gasteiger partial charge in [-0.05, 0) is 54.3 Å².